The molecule has 1 aliphatic rings. The highest BCUT2D eigenvalue weighted by Crippen LogP contribution is 2.32. The minimum absolute atomic E-state index is 0.363. The predicted octanol–water partition coefficient (Wildman–Crippen LogP) is 5.45. The average Bonchev–Trinajstić information content (AvgIpc) is 2.87. The summed E-state index contributed by atoms with van der Waals surface area (Å²) in [6, 6.07) is 16.0. The Morgan fingerprint density at radius 3 is 2.46 bits per heavy atom. The maximum absolute atomic E-state index is 13.1. The normalized spacial score (nSPS) is 13.0. The maximum atomic E-state index is 13.1. The number of halogens is 3. The van der Waals surface area contributed by atoms with Crippen molar-refractivity contribution in [1.82, 2.24) is 20.3 Å². The topological polar surface area (TPSA) is 75.1 Å². The molecule has 2 N–H and O–H groups in total. The van der Waals surface area contributed by atoms with E-state index in [4.69, 9.17) is 0 Å². The van der Waals surface area contributed by atoms with Gasteiger partial charge < -0.3 is 10.6 Å². The molecular weight excluding hydrogens is 453 g/mol. The molecule has 3 aromatic heterocycles. The molecule has 0 saturated heterocycles. The lowest BCUT2D eigenvalue weighted by atomic mass is 10.0. The molecule has 0 aliphatic carbocycles. The monoisotopic (exact) mass is 474 g/mol. The molecule has 0 radical (unpaired) electrons. The van der Waals surface area contributed by atoms with E-state index in [1.54, 1.807) is 18.3 Å². The zero-order valence-corrected chi connectivity index (χ0v) is 18.8. The van der Waals surface area contributed by atoms with Gasteiger partial charge in [0.2, 0.25) is 0 Å². The molecule has 0 atom stereocenters. The Labute approximate surface area is 200 Å². The Kier molecular flexibility index (Phi) is 5.90. The third-order valence-electron chi connectivity index (χ3n) is 5.64. The van der Waals surface area contributed by atoms with Crippen LogP contribution in [-0.4, -0.2) is 27.5 Å². The van der Waals surface area contributed by atoms with Crippen molar-refractivity contribution in [3.8, 4) is 22.4 Å². The number of amidine groups is 1. The third-order valence-corrected chi connectivity index (χ3v) is 5.64. The molecule has 0 spiro atoms. The van der Waals surface area contributed by atoms with Crippen LogP contribution in [0, 0.1) is 6.92 Å². The number of alkyl halides is 3. The van der Waals surface area contributed by atoms with E-state index in [9.17, 15) is 13.2 Å². The van der Waals surface area contributed by atoms with Gasteiger partial charge in [-0.25, -0.2) is 4.99 Å². The molecule has 9 heteroatoms. The first-order valence-electron chi connectivity index (χ1n) is 10.9. The number of nitrogens with one attached hydrogen (secondary N) is 2. The van der Waals surface area contributed by atoms with Gasteiger partial charge in [0, 0.05) is 47.6 Å². The van der Waals surface area contributed by atoms with Gasteiger partial charge in [-0.3, -0.25) is 15.0 Å². The number of nitrogens with zero attached hydrogens (tertiary/aromatic N) is 4. The van der Waals surface area contributed by atoms with Gasteiger partial charge in [-0.15, -0.1) is 0 Å². The van der Waals surface area contributed by atoms with Crippen molar-refractivity contribution < 1.29 is 13.2 Å². The number of aromatic nitrogens is 3. The van der Waals surface area contributed by atoms with Crippen LogP contribution in [0.1, 0.15) is 22.5 Å². The Bertz CT molecular complexity index is 1400. The molecule has 1 aromatic carbocycles. The molecule has 0 fully saturated rings. The first-order chi connectivity index (χ1) is 16.9. The second-order valence-corrected chi connectivity index (χ2v) is 8.12. The van der Waals surface area contributed by atoms with E-state index in [0.29, 0.717) is 30.2 Å². The lowest BCUT2D eigenvalue weighted by Gasteiger charge is -2.21. The van der Waals surface area contributed by atoms with Gasteiger partial charge in [0.15, 0.2) is 0 Å². The summed E-state index contributed by atoms with van der Waals surface area (Å²) in [6.45, 7) is 2.84. The standard InChI is InChI=1S/C26H21F3N6/c1-16-10-20(7-8-30-16)22-5-2-17(13-32-22)14-33-25-21-4-3-18(11-23(21)34-15-35-25)19-6-9-31-24(12-19)26(27,28)29/h2-13,34H,14-15H2,1H3,(H,33,35). The smallest absolute Gasteiger partial charge is 0.366 e. The predicted molar refractivity (Wildman–Crippen MR) is 129 cm³/mol. The van der Waals surface area contributed by atoms with Crippen molar-refractivity contribution in [2.75, 3.05) is 12.0 Å². The van der Waals surface area contributed by atoms with Crippen LogP contribution < -0.4 is 10.6 Å². The zero-order chi connectivity index (χ0) is 24.4. The summed E-state index contributed by atoms with van der Waals surface area (Å²) in [5, 5.41) is 6.55. The Morgan fingerprint density at radius 1 is 0.886 bits per heavy atom. The van der Waals surface area contributed by atoms with Crippen molar-refractivity contribution >= 4 is 11.5 Å². The molecule has 176 valence electrons. The molecule has 4 heterocycles. The molecule has 35 heavy (non-hydrogen) atoms. The van der Waals surface area contributed by atoms with Crippen molar-refractivity contribution in [2.45, 2.75) is 19.6 Å². The Balaban J connectivity index is 1.31. The fourth-order valence-corrected chi connectivity index (χ4v) is 3.87. The second-order valence-electron chi connectivity index (χ2n) is 8.12. The minimum atomic E-state index is -4.49. The molecule has 5 rings (SSSR count). The number of rotatable bonds is 4. The van der Waals surface area contributed by atoms with E-state index in [1.165, 1.54) is 6.20 Å². The number of aryl methyl sites for hydroxylation is 1. The quantitative estimate of drug-likeness (QED) is 0.411. The number of benzene rings is 1. The number of hydrogen-bond acceptors (Lipinski definition) is 6. The van der Waals surface area contributed by atoms with Crippen LogP contribution in [0.15, 0.2) is 78.2 Å². The highest BCUT2D eigenvalue weighted by molar-refractivity contribution is 6.05. The van der Waals surface area contributed by atoms with Crippen LogP contribution >= 0.6 is 0 Å². The van der Waals surface area contributed by atoms with Gasteiger partial charge in [0.25, 0.3) is 0 Å². The largest absolute Gasteiger partial charge is 0.433 e. The zero-order valence-electron chi connectivity index (χ0n) is 18.8. The van der Waals surface area contributed by atoms with E-state index < -0.39 is 11.9 Å². The first-order valence-corrected chi connectivity index (χ1v) is 10.9. The summed E-state index contributed by atoms with van der Waals surface area (Å²) in [4.78, 5) is 16.7. The highest BCUT2D eigenvalue weighted by Gasteiger charge is 2.32. The number of fused-ring (bicyclic) bond motifs is 1. The molecule has 4 aromatic rings. The van der Waals surface area contributed by atoms with E-state index in [-0.39, 0.29) is 0 Å². The third kappa shape index (κ3) is 4.98. The van der Waals surface area contributed by atoms with Crippen molar-refractivity contribution in [1.29, 1.82) is 0 Å². The van der Waals surface area contributed by atoms with E-state index in [2.05, 4.69) is 30.6 Å². The van der Waals surface area contributed by atoms with Crippen LogP contribution in [0.2, 0.25) is 0 Å². The first kappa shape index (κ1) is 22.5. The number of hydrogen-bond donors (Lipinski definition) is 2. The SMILES string of the molecule is Cc1cc(-c2ccc(CNC3=NCNc4cc(-c5ccnc(C(F)(F)F)c5)ccc43)cn2)ccn1. The fourth-order valence-electron chi connectivity index (χ4n) is 3.87. The van der Waals surface area contributed by atoms with E-state index in [0.717, 1.165) is 39.8 Å². The van der Waals surface area contributed by atoms with Crippen LogP contribution in [0.4, 0.5) is 18.9 Å². The van der Waals surface area contributed by atoms with E-state index >= 15 is 0 Å². The van der Waals surface area contributed by atoms with Crippen LogP contribution in [0.25, 0.3) is 22.4 Å². The summed E-state index contributed by atoms with van der Waals surface area (Å²) in [7, 11) is 0. The van der Waals surface area contributed by atoms with Gasteiger partial charge in [-0.05, 0) is 66.1 Å². The number of anilines is 1. The van der Waals surface area contributed by atoms with Crippen LogP contribution in [-0.2, 0) is 12.7 Å². The number of aliphatic imine (C=N–C) groups is 1. The van der Waals surface area contributed by atoms with E-state index in [1.807, 2.05) is 49.5 Å². The lowest BCUT2D eigenvalue weighted by molar-refractivity contribution is -0.141. The van der Waals surface area contributed by atoms with Crippen molar-refractivity contribution in [3.63, 3.8) is 0 Å². The van der Waals surface area contributed by atoms with Crippen LogP contribution in [0.3, 0.4) is 0 Å². The van der Waals surface area contributed by atoms with Crippen LogP contribution in [0.5, 0.6) is 0 Å². The molecule has 1 aliphatic heterocycles. The van der Waals surface area contributed by atoms with Crippen molar-refractivity contribution in [3.05, 3.63) is 95.7 Å². The maximum Gasteiger partial charge on any atom is 0.433 e. The van der Waals surface area contributed by atoms with Crippen molar-refractivity contribution in [2.24, 2.45) is 4.99 Å². The lowest BCUT2D eigenvalue weighted by Crippen LogP contribution is -2.29. The van der Waals surface area contributed by atoms with Gasteiger partial charge in [-0.1, -0.05) is 12.1 Å². The Hall–Kier alpha value is -4.27. The summed E-state index contributed by atoms with van der Waals surface area (Å²) in [5.41, 5.74) is 5.67. The summed E-state index contributed by atoms with van der Waals surface area (Å²) in [5.74, 6) is 0.713. The molecule has 0 amide bonds. The summed E-state index contributed by atoms with van der Waals surface area (Å²) < 4.78 is 39.2. The van der Waals surface area contributed by atoms with Gasteiger partial charge in [0.1, 0.15) is 18.2 Å². The second kappa shape index (κ2) is 9.17. The summed E-state index contributed by atoms with van der Waals surface area (Å²) in [6.07, 6.45) is 0.278. The molecule has 6 nitrogen and oxygen atoms in total. The van der Waals surface area contributed by atoms with Gasteiger partial charge in [0.05, 0.1) is 5.69 Å². The van der Waals surface area contributed by atoms with Gasteiger partial charge in [-0.2, -0.15) is 13.2 Å². The molecule has 0 unspecified atom stereocenters. The summed E-state index contributed by atoms with van der Waals surface area (Å²) >= 11 is 0. The van der Waals surface area contributed by atoms with Gasteiger partial charge >= 0.3 is 6.18 Å². The molecular formula is C26H21F3N6. The minimum Gasteiger partial charge on any atom is -0.366 e. The molecule has 0 saturated carbocycles. The fraction of sp³-hybridized carbons (Fsp3) is 0.154. The molecule has 0 bridgehead atoms. The highest BCUT2D eigenvalue weighted by atomic mass is 19.4. The average molecular weight is 474 g/mol. The Morgan fingerprint density at radius 2 is 1.69 bits per heavy atom. The number of pyridine rings is 3.